The van der Waals surface area contributed by atoms with Crippen LogP contribution in [0.4, 0.5) is 5.82 Å². The van der Waals surface area contributed by atoms with Gasteiger partial charge in [-0.15, -0.1) is 0 Å². The van der Waals surface area contributed by atoms with Gasteiger partial charge < -0.3 is 4.90 Å². The zero-order chi connectivity index (χ0) is 13.1. The summed E-state index contributed by atoms with van der Waals surface area (Å²) in [7, 11) is 0. The van der Waals surface area contributed by atoms with Crippen molar-refractivity contribution >= 4 is 33.5 Å². The molecule has 2 unspecified atom stereocenters. The Morgan fingerprint density at radius 3 is 2.61 bits per heavy atom. The Balaban J connectivity index is 2.21. The van der Waals surface area contributed by atoms with Crippen molar-refractivity contribution in [1.82, 2.24) is 9.97 Å². The van der Waals surface area contributed by atoms with Gasteiger partial charge in [0.2, 0.25) is 0 Å². The van der Waals surface area contributed by atoms with Gasteiger partial charge in [-0.2, -0.15) is 11.8 Å². The van der Waals surface area contributed by atoms with Gasteiger partial charge in [0.05, 0.1) is 0 Å². The fraction of sp³-hybridized carbons (Fsp3) is 0.692. The van der Waals surface area contributed by atoms with E-state index < -0.39 is 0 Å². The third-order valence-corrected chi connectivity index (χ3v) is 4.58. The number of aryl methyl sites for hydroxylation is 1. The molecule has 0 spiro atoms. The smallest absolute Gasteiger partial charge is 0.133 e. The van der Waals surface area contributed by atoms with E-state index in [1.54, 1.807) is 0 Å². The number of nitrogens with zero attached hydrogens (tertiary/aromatic N) is 3. The zero-order valence-corrected chi connectivity index (χ0v) is 13.6. The van der Waals surface area contributed by atoms with Crippen molar-refractivity contribution in [2.45, 2.75) is 44.1 Å². The number of hydrogen-bond donors (Lipinski definition) is 0. The lowest BCUT2D eigenvalue weighted by atomic mass is 10.3. The molecule has 0 aromatic carbocycles. The SMILES string of the molecule is CCCc1nc(Br)cc(N2CC(C)SC(C)C2)n1. The van der Waals surface area contributed by atoms with E-state index in [9.17, 15) is 0 Å². The number of hydrogen-bond acceptors (Lipinski definition) is 4. The zero-order valence-electron chi connectivity index (χ0n) is 11.2. The summed E-state index contributed by atoms with van der Waals surface area (Å²) in [6, 6.07) is 2.04. The minimum absolute atomic E-state index is 0.664. The molecule has 2 heterocycles. The molecular weight excluding hydrogens is 310 g/mol. The highest BCUT2D eigenvalue weighted by atomic mass is 79.9. The lowest BCUT2D eigenvalue weighted by Gasteiger charge is -2.35. The van der Waals surface area contributed by atoms with Gasteiger partial charge in [-0.25, -0.2) is 9.97 Å². The third kappa shape index (κ3) is 3.60. The van der Waals surface area contributed by atoms with Gasteiger partial charge in [0, 0.05) is 36.1 Å². The van der Waals surface area contributed by atoms with E-state index in [1.165, 1.54) is 0 Å². The molecule has 2 rings (SSSR count). The first-order valence-electron chi connectivity index (χ1n) is 6.52. The van der Waals surface area contributed by atoms with Crippen molar-refractivity contribution in [3.8, 4) is 0 Å². The summed E-state index contributed by atoms with van der Waals surface area (Å²) >= 11 is 5.56. The molecule has 1 fully saturated rings. The van der Waals surface area contributed by atoms with Crippen LogP contribution in [0.5, 0.6) is 0 Å². The van der Waals surface area contributed by atoms with Crippen molar-refractivity contribution in [1.29, 1.82) is 0 Å². The summed E-state index contributed by atoms with van der Waals surface area (Å²) < 4.78 is 0.898. The average Bonchev–Trinajstić information content (AvgIpc) is 2.27. The van der Waals surface area contributed by atoms with Gasteiger partial charge in [-0.3, -0.25) is 0 Å². The Kier molecular flexibility index (Phi) is 4.90. The van der Waals surface area contributed by atoms with E-state index in [0.717, 1.165) is 42.2 Å². The highest BCUT2D eigenvalue weighted by molar-refractivity contribution is 9.10. The van der Waals surface area contributed by atoms with Crippen LogP contribution in [0.2, 0.25) is 0 Å². The highest BCUT2D eigenvalue weighted by Gasteiger charge is 2.23. The first-order chi connectivity index (χ1) is 8.58. The van der Waals surface area contributed by atoms with Crippen LogP contribution in [-0.2, 0) is 6.42 Å². The highest BCUT2D eigenvalue weighted by Crippen LogP contribution is 2.28. The molecule has 1 aromatic heterocycles. The molecule has 1 aromatic rings. The minimum Gasteiger partial charge on any atom is -0.354 e. The molecule has 2 atom stereocenters. The first-order valence-corrected chi connectivity index (χ1v) is 8.26. The summed E-state index contributed by atoms with van der Waals surface area (Å²) in [5.41, 5.74) is 0. The Labute approximate surface area is 122 Å². The van der Waals surface area contributed by atoms with Crippen molar-refractivity contribution in [2.24, 2.45) is 0 Å². The second-order valence-corrected chi connectivity index (χ2v) is 7.57. The van der Waals surface area contributed by atoms with E-state index in [2.05, 4.69) is 58.3 Å². The van der Waals surface area contributed by atoms with Crippen LogP contribution in [0.3, 0.4) is 0 Å². The molecule has 18 heavy (non-hydrogen) atoms. The predicted molar refractivity (Wildman–Crippen MR) is 82.5 cm³/mol. The van der Waals surface area contributed by atoms with E-state index in [1.807, 2.05) is 6.07 Å². The molecule has 0 N–H and O–H groups in total. The van der Waals surface area contributed by atoms with Crippen LogP contribution in [0.1, 0.15) is 33.0 Å². The van der Waals surface area contributed by atoms with E-state index in [-0.39, 0.29) is 0 Å². The number of aromatic nitrogens is 2. The van der Waals surface area contributed by atoms with Crippen LogP contribution in [-0.4, -0.2) is 33.6 Å². The van der Waals surface area contributed by atoms with Crippen molar-refractivity contribution < 1.29 is 0 Å². The molecule has 1 aliphatic heterocycles. The number of halogens is 1. The minimum atomic E-state index is 0.664. The Morgan fingerprint density at radius 2 is 2.00 bits per heavy atom. The molecule has 0 amide bonds. The Morgan fingerprint density at radius 1 is 1.33 bits per heavy atom. The molecule has 5 heteroatoms. The van der Waals surface area contributed by atoms with Crippen molar-refractivity contribution in [3.05, 3.63) is 16.5 Å². The normalized spacial score (nSPS) is 24.3. The first kappa shape index (κ1) is 14.1. The topological polar surface area (TPSA) is 29.0 Å². The lowest BCUT2D eigenvalue weighted by Crippen LogP contribution is -2.41. The molecule has 0 radical (unpaired) electrons. The van der Waals surface area contributed by atoms with Crippen molar-refractivity contribution in [2.75, 3.05) is 18.0 Å². The Hall–Kier alpha value is -0.290. The molecule has 3 nitrogen and oxygen atoms in total. The summed E-state index contributed by atoms with van der Waals surface area (Å²) in [6.07, 6.45) is 2.03. The maximum atomic E-state index is 4.69. The fourth-order valence-corrected chi connectivity index (χ4v) is 4.05. The van der Waals surface area contributed by atoms with Crippen LogP contribution in [0.15, 0.2) is 10.7 Å². The van der Waals surface area contributed by atoms with Crippen LogP contribution >= 0.6 is 27.7 Å². The second kappa shape index (κ2) is 6.24. The predicted octanol–water partition coefficient (Wildman–Crippen LogP) is 3.52. The van der Waals surface area contributed by atoms with Gasteiger partial charge >= 0.3 is 0 Å². The summed E-state index contributed by atoms with van der Waals surface area (Å²) in [5.74, 6) is 2.01. The fourth-order valence-electron chi connectivity index (χ4n) is 2.31. The second-order valence-electron chi connectivity index (χ2n) is 4.88. The molecule has 1 aliphatic rings. The summed E-state index contributed by atoms with van der Waals surface area (Å²) in [4.78, 5) is 11.5. The summed E-state index contributed by atoms with van der Waals surface area (Å²) in [5, 5.41) is 1.33. The quantitative estimate of drug-likeness (QED) is 0.793. The van der Waals surface area contributed by atoms with Crippen LogP contribution in [0, 0.1) is 0 Å². The van der Waals surface area contributed by atoms with E-state index in [4.69, 9.17) is 4.98 Å². The maximum absolute atomic E-state index is 4.69. The van der Waals surface area contributed by atoms with Crippen molar-refractivity contribution in [3.63, 3.8) is 0 Å². The van der Waals surface area contributed by atoms with Gasteiger partial charge in [0.15, 0.2) is 0 Å². The van der Waals surface area contributed by atoms with Gasteiger partial charge in [0.1, 0.15) is 16.2 Å². The van der Waals surface area contributed by atoms with Gasteiger partial charge in [0.25, 0.3) is 0 Å². The number of anilines is 1. The molecule has 100 valence electrons. The largest absolute Gasteiger partial charge is 0.354 e. The number of rotatable bonds is 3. The number of thioether (sulfide) groups is 1. The Bertz CT molecular complexity index is 403. The van der Waals surface area contributed by atoms with Gasteiger partial charge in [-0.05, 0) is 22.4 Å². The van der Waals surface area contributed by atoms with E-state index >= 15 is 0 Å². The standard InChI is InChI=1S/C13H20BrN3S/c1-4-5-12-15-11(14)6-13(16-12)17-7-9(2)18-10(3)8-17/h6,9-10H,4-5,7-8H2,1-3H3. The summed E-state index contributed by atoms with van der Waals surface area (Å²) in [6.45, 7) is 8.88. The van der Waals surface area contributed by atoms with Crippen LogP contribution in [0.25, 0.3) is 0 Å². The molecular formula is C13H20BrN3S. The monoisotopic (exact) mass is 329 g/mol. The lowest BCUT2D eigenvalue weighted by molar-refractivity contribution is 0.708. The van der Waals surface area contributed by atoms with E-state index in [0.29, 0.717) is 10.5 Å². The van der Waals surface area contributed by atoms with Gasteiger partial charge in [-0.1, -0.05) is 20.8 Å². The molecule has 0 aliphatic carbocycles. The molecule has 0 bridgehead atoms. The molecule has 0 saturated carbocycles. The maximum Gasteiger partial charge on any atom is 0.133 e. The third-order valence-electron chi connectivity index (χ3n) is 2.94. The van der Waals surface area contributed by atoms with Crippen LogP contribution < -0.4 is 4.90 Å². The average molecular weight is 330 g/mol. The molecule has 1 saturated heterocycles.